The molecule has 5 aromatic rings. The van der Waals surface area contributed by atoms with Gasteiger partial charge in [0.15, 0.2) is 34.5 Å². The maximum atomic E-state index is 15.1. The number of alkyl halides is 3. The number of nitrogens with one attached hydrogen (secondary N) is 2. The molecule has 0 saturated heterocycles. The zero-order valence-corrected chi connectivity index (χ0v) is 22.2. The van der Waals surface area contributed by atoms with Crippen molar-refractivity contribution in [1.29, 1.82) is 0 Å². The number of imidazole rings is 1. The molecule has 4 aromatic heterocycles. The first-order chi connectivity index (χ1) is 20.0. The lowest BCUT2D eigenvalue weighted by atomic mass is 10.1. The van der Waals surface area contributed by atoms with Crippen molar-refractivity contribution < 1.29 is 27.1 Å². The number of aromatic nitrogens is 6. The molecule has 1 aromatic carbocycles. The number of hydrogen-bond acceptors (Lipinski definition) is 6. The number of halogens is 4. The van der Waals surface area contributed by atoms with Gasteiger partial charge in [0.1, 0.15) is 5.52 Å². The first-order valence-electron chi connectivity index (χ1n) is 13.0. The van der Waals surface area contributed by atoms with E-state index in [0.717, 1.165) is 30.7 Å². The lowest BCUT2D eigenvalue weighted by molar-refractivity contribution is -0.143. The topological polar surface area (TPSA) is 120 Å². The maximum Gasteiger partial charge on any atom is 0.434 e. The van der Waals surface area contributed by atoms with Crippen LogP contribution in [0.15, 0.2) is 59.8 Å². The number of rotatable bonds is 7. The van der Waals surface area contributed by atoms with E-state index >= 15 is 4.39 Å². The first-order valence-corrected chi connectivity index (χ1v) is 13.0. The quantitative estimate of drug-likeness (QED) is 0.229. The van der Waals surface area contributed by atoms with E-state index in [4.69, 9.17) is 4.74 Å². The van der Waals surface area contributed by atoms with Crippen LogP contribution in [0.3, 0.4) is 0 Å². The molecule has 42 heavy (non-hydrogen) atoms. The Balaban J connectivity index is 1.27. The number of carbonyl (C=O) groups is 1. The number of H-pyrrole nitrogens is 1. The maximum absolute atomic E-state index is 15.1. The summed E-state index contributed by atoms with van der Waals surface area (Å²) >= 11 is 0. The molecule has 2 N–H and O–H groups in total. The molecule has 1 aliphatic carbocycles. The second kappa shape index (κ2) is 10.1. The number of benzene rings is 1. The summed E-state index contributed by atoms with van der Waals surface area (Å²) in [5.74, 6) is -1.91. The third kappa shape index (κ3) is 4.99. The van der Waals surface area contributed by atoms with Gasteiger partial charge in [-0.3, -0.25) is 14.3 Å². The van der Waals surface area contributed by atoms with Gasteiger partial charge in [0.05, 0.1) is 11.8 Å². The number of ether oxygens (including phenoxy) is 1. The largest absolute Gasteiger partial charge is 0.452 e. The number of nitrogens with zero attached hydrogens (tertiary/aromatic N) is 5. The minimum Gasteiger partial charge on any atom is -0.452 e. The molecule has 10 nitrogen and oxygen atoms in total. The van der Waals surface area contributed by atoms with Gasteiger partial charge in [0.25, 0.3) is 5.91 Å². The smallest absolute Gasteiger partial charge is 0.434 e. The van der Waals surface area contributed by atoms with E-state index in [2.05, 4.69) is 25.4 Å². The number of anilines is 1. The van der Waals surface area contributed by atoms with Gasteiger partial charge in [0.2, 0.25) is 0 Å². The molecule has 1 fully saturated rings. The predicted octanol–water partition coefficient (Wildman–Crippen LogP) is 5.97. The molecule has 6 rings (SSSR count). The predicted molar refractivity (Wildman–Crippen MR) is 144 cm³/mol. The molecule has 1 aliphatic rings. The number of carbonyl (C=O) groups excluding carboxylic acids is 1. The second-order valence-corrected chi connectivity index (χ2v) is 10.1. The summed E-state index contributed by atoms with van der Waals surface area (Å²) in [6.07, 6.45) is 0.555. The van der Waals surface area contributed by atoms with Crippen LogP contribution < -0.4 is 15.7 Å². The fraction of sp³-hybridized carbons (Fsp3) is 0.250. The highest BCUT2D eigenvalue weighted by molar-refractivity contribution is 6.05. The molecule has 216 valence electrons. The van der Waals surface area contributed by atoms with Crippen LogP contribution in [0.2, 0.25) is 0 Å². The van der Waals surface area contributed by atoms with Gasteiger partial charge in [-0.2, -0.15) is 18.3 Å². The van der Waals surface area contributed by atoms with Crippen molar-refractivity contribution in [3.8, 4) is 17.3 Å². The van der Waals surface area contributed by atoms with Crippen LogP contribution in [-0.2, 0) is 6.18 Å². The minimum absolute atomic E-state index is 0.0612. The van der Waals surface area contributed by atoms with E-state index in [9.17, 15) is 22.8 Å². The van der Waals surface area contributed by atoms with Crippen molar-refractivity contribution >= 4 is 22.8 Å². The first kappa shape index (κ1) is 27.2. The van der Waals surface area contributed by atoms with Crippen LogP contribution >= 0.6 is 0 Å². The van der Waals surface area contributed by atoms with E-state index in [0.29, 0.717) is 10.2 Å². The van der Waals surface area contributed by atoms with Gasteiger partial charge in [0, 0.05) is 36.3 Å². The molecule has 0 atom stereocenters. The van der Waals surface area contributed by atoms with Crippen molar-refractivity contribution in [3.05, 3.63) is 88.1 Å². The highest BCUT2D eigenvalue weighted by Gasteiger charge is 2.41. The summed E-state index contributed by atoms with van der Waals surface area (Å²) < 4.78 is 65.3. The molecular formula is C28H23F4N7O3. The Labute approximate surface area is 235 Å². The number of pyridine rings is 2. The number of fused-ring (bicyclic) bond motifs is 1. The van der Waals surface area contributed by atoms with Crippen LogP contribution in [-0.4, -0.2) is 35.2 Å². The molecule has 0 bridgehead atoms. The molecular weight excluding hydrogens is 558 g/mol. The zero-order valence-electron chi connectivity index (χ0n) is 22.2. The zero-order chi connectivity index (χ0) is 29.8. The Morgan fingerprint density at radius 2 is 1.86 bits per heavy atom. The third-order valence-corrected chi connectivity index (χ3v) is 6.82. The Bertz CT molecular complexity index is 1890. The van der Waals surface area contributed by atoms with E-state index in [-0.39, 0.29) is 40.6 Å². The molecule has 1 amide bonds. The SMILES string of the molecule is CC(C)n1c(=O)[nH]c2nccc(Oc3ccc(NC(=O)c4cnn(-c5cc(C6CC6)ccn5)c4C(F)(F)F)cc3F)c21. The Morgan fingerprint density at radius 1 is 1.10 bits per heavy atom. The minimum atomic E-state index is -4.94. The summed E-state index contributed by atoms with van der Waals surface area (Å²) in [6, 6.07) is 7.89. The van der Waals surface area contributed by atoms with Crippen LogP contribution in [0.25, 0.3) is 17.0 Å². The summed E-state index contributed by atoms with van der Waals surface area (Å²) in [7, 11) is 0. The third-order valence-electron chi connectivity index (χ3n) is 6.82. The standard InChI is InChI=1S/C28H23F4N7O3/c1-14(2)38-23-21(8-10-34-25(23)37-27(38)41)42-20-6-5-17(12-19(20)29)36-26(40)18-13-35-39(24(18)28(30,31)32)22-11-16(7-9-33-22)15-3-4-15/h5-15H,3-4H2,1-2H3,(H,36,40)(H,34,37,41). The van der Waals surface area contributed by atoms with Gasteiger partial charge >= 0.3 is 11.9 Å². The van der Waals surface area contributed by atoms with E-state index in [1.54, 1.807) is 19.9 Å². The van der Waals surface area contributed by atoms with Crippen molar-refractivity contribution in [2.45, 2.75) is 44.8 Å². The molecule has 0 aliphatic heterocycles. The van der Waals surface area contributed by atoms with E-state index < -0.39 is 34.8 Å². The summed E-state index contributed by atoms with van der Waals surface area (Å²) in [5, 5.41) is 6.10. The van der Waals surface area contributed by atoms with Crippen LogP contribution in [0.1, 0.15) is 60.3 Å². The summed E-state index contributed by atoms with van der Waals surface area (Å²) in [4.78, 5) is 36.1. The van der Waals surface area contributed by atoms with Crippen molar-refractivity contribution in [2.24, 2.45) is 0 Å². The van der Waals surface area contributed by atoms with Gasteiger partial charge in [-0.25, -0.2) is 23.8 Å². The summed E-state index contributed by atoms with van der Waals surface area (Å²) in [6.45, 7) is 3.58. The van der Waals surface area contributed by atoms with Crippen molar-refractivity contribution in [3.63, 3.8) is 0 Å². The van der Waals surface area contributed by atoms with Crippen molar-refractivity contribution in [1.82, 2.24) is 29.3 Å². The van der Waals surface area contributed by atoms with E-state index in [1.165, 1.54) is 41.2 Å². The van der Waals surface area contributed by atoms with Gasteiger partial charge in [-0.1, -0.05) is 0 Å². The average molecular weight is 582 g/mol. The monoisotopic (exact) mass is 581 g/mol. The molecule has 0 spiro atoms. The Morgan fingerprint density at radius 3 is 2.55 bits per heavy atom. The van der Waals surface area contributed by atoms with Crippen LogP contribution in [0, 0.1) is 5.82 Å². The van der Waals surface area contributed by atoms with Gasteiger partial charge in [-0.15, -0.1) is 0 Å². The van der Waals surface area contributed by atoms with Gasteiger partial charge < -0.3 is 10.1 Å². The highest BCUT2D eigenvalue weighted by Crippen LogP contribution is 2.41. The number of hydrogen-bond donors (Lipinski definition) is 2. The molecule has 14 heteroatoms. The van der Waals surface area contributed by atoms with Gasteiger partial charge in [-0.05, 0) is 62.4 Å². The fourth-order valence-electron chi connectivity index (χ4n) is 4.76. The Kier molecular flexibility index (Phi) is 6.55. The molecule has 4 heterocycles. The second-order valence-electron chi connectivity index (χ2n) is 10.1. The molecule has 1 saturated carbocycles. The molecule has 0 radical (unpaired) electrons. The van der Waals surface area contributed by atoms with E-state index in [1.807, 2.05) is 0 Å². The average Bonchev–Trinajstić information content (AvgIpc) is 3.57. The normalized spacial score (nSPS) is 13.6. The van der Waals surface area contributed by atoms with Crippen molar-refractivity contribution in [2.75, 3.05) is 5.32 Å². The summed E-state index contributed by atoms with van der Waals surface area (Å²) in [5.41, 5.74) is -1.13. The lowest BCUT2D eigenvalue weighted by Gasteiger charge is -2.14. The number of aromatic amines is 1. The lowest BCUT2D eigenvalue weighted by Crippen LogP contribution is -2.21. The Hall–Kier alpha value is -5.01. The number of amides is 1. The highest BCUT2D eigenvalue weighted by atomic mass is 19.4. The fourth-order valence-corrected chi connectivity index (χ4v) is 4.76. The van der Waals surface area contributed by atoms with Crippen LogP contribution in [0.5, 0.6) is 11.5 Å². The van der Waals surface area contributed by atoms with Crippen LogP contribution in [0.4, 0.5) is 23.2 Å². The molecule has 0 unspecified atom stereocenters.